The fraction of sp³-hybridized carbons (Fsp3) is 0.276. The van der Waals surface area contributed by atoms with Crippen molar-refractivity contribution < 1.29 is 18.7 Å². The van der Waals surface area contributed by atoms with Crippen LogP contribution in [-0.4, -0.2) is 47.1 Å². The molecule has 0 radical (unpaired) electrons. The first-order chi connectivity index (χ1) is 18.4. The molecule has 8 nitrogen and oxygen atoms in total. The number of aromatic nitrogens is 2. The topological polar surface area (TPSA) is 108 Å². The zero-order valence-corrected chi connectivity index (χ0v) is 21.0. The predicted molar refractivity (Wildman–Crippen MR) is 142 cm³/mol. The van der Waals surface area contributed by atoms with Crippen LogP contribution in [0.1, 0.15) is 40.0 Å². The van der Waals surface area contributed by atoms with E-state index in [1.165, 1.54) is 12.1 Å². The number of hydrogen-bond donors (Lipinski definition) is 4. The molecular formula is C29H28FN5O3. The first-order valence-corrected chi connectivity index (χ1v) is 12.5. The van der Waals surface area contributed by atoms with Gasteiger partial charge < -0.3 is 25.7 Å². The van der Waals surface area contributed by atoms with Gasteiger partial charge in [-0.3, -0.25) is 14.6 Å². The van der Waals surface area contributed by atoms with Gasteiger partial charge in [0, 0.05) is 73.9 Å². The van der Waals surface area contributed by atoms with Crippen LogP contribution < -0.4 is 16.0 Å². The highest BCUT2D eigenvalue weighted by Gasteiger charge is 2.32. The second-order valence-electron chi connectivity index (χ2n) is 9.33. The van der Waals surface area contributed by atoms with Crippen LogP contribution in [0.15, 0.2) is 49.3 Å². The highest BCUT2D eigenvalue weighted by Crippen LogP contribution is 2.38. The number of carbonyl (C=O) groups excluding carboxylic acids is 2. The largest absolute Gasteiger partial charge is 0.381 e. The minimum absolute atomic E-state index is 0.208. The Bertz CT molecular complexity index is 1480. The van der Waals surface area contributed by atoms with Gasteiger partial charge in [-0.05, 0) is 31.2 Å². The minimum atomic E-state index is -0.759. The average molecular weight is 514 g/mol. The van der Waals surface area contributed by atoms with E-state index in [-0.39, 0.29) is 17.6 Å². The van der Waals surface area contributed by atoms with Gasteiger partial charge >= 0.3 is 0 Å². The number of hydrogen-bond acceptors (Lipinski definition) is 5. The van der Waals surface area contributed by atoms with E-state index >= 15 is 0 Å². The Morgan fingerprint density at radius 1 is 1.29 bits per heavy atom. The molecule has 0 atom stereocenters. The maximum absolute atomic E-state index is 14.3. The molecule has 38 heavy (non-hydrogen) atoms. The third kappa shape index (κ3) is 4.91. The van der Waals surface area contributed by atoms with E-state index in [0.717, 1.165) is 11.3 Å². The summed E-state index contributed by atoms with van der Waals surface area (Å²) in [6.45, 7) is 6.71. The number of fused-ring (bicyclic) bond motifs is 1. The molecule has 0 spiro atoms. The third-order valence-corrected chi connectivity index (χ3v) is 6.91. The zero-order chi connectivity index (χ0) is 26.7. The molecule has 3 aromatic rings. The number of carbonyl (C=O) groups is 2. The van der Waals surface area contributed by atoms with Gasteiger partial charge in [0.15, 0.2) is 0 Å². The summed E-state index contributed by atoms with van der Waals surface area (Å²) in [7, 11) is 0. The Kier molecular flexibility index (Phi) is 6.99. The highest BCUT2D eigenvalue weighted by molar-refractivity contribution is 6.06. The van der Waals surface area contributed by atoms with Crippen LogP contribution in [0.5, 0.6) is 0 Å². The van der Waals surface area contributed by atoms with E-state index in [9.17, 15) is 14.0 Å². The number of anilines is 2. The number of nitrogens with one attached hydrogen (secondary N) is 4. The summed E-state index contributed by atoms with van der Waals surface area (Å²) in [5.41, 5.74) is 4.05. The normalized spacial score (nSPS) is 15.9. The lowest BCUT2D eigenvalue weighted by molar-refractivity contribution is -0.118. The summed E-state index contributed by atoms with van der Waals surface area (Å²) in [6.07, 6.45) is 6.24. The first-order valence-electron chi connectivity index (χ1n) is 12.5. The van der Waals surface area contributed by atoms with Gasteiger partial charge in [0.05, 0.1) is 22.5 Å². The van der Waals surface area contributed by atoms with Crippen LogP contribution >= 0.6 is 0 Å². The van der Waals surface area contributed by atoms with Crippen molar-refractivity contribution in [1.29, 1.82) is 0 Å². The van der Waals surface area contributed by atoms with Crippen LogP contribution in [0.3, 0.4) is 0 Å². The second-order valence-corrected chi connectivity index (χ2v) is 9.33. The molecule has 0 unspecified atom stereocenters. The minimum Gasteiger partial charge on any atom is -0.381 e. The Morgan fingerprint density at radius 2 is 2.11 bits per heavy atom. The number of ether oxygens (including phenoxy) is 1. The SMILES string of the molecule is C=CC(=O)NC1(C#Cc2cnccc2-c2[nH]c3c(c2Nc2cccc(F)c2C)C(=O)NCC3)CCOCC1. The molecule has 4 heterocycles. The van der Waals surface area contributed by atoms with Crippen LogP contribution in [-0.2, 0) is 16.0 Å². The Labute approximate surface area is 220 Å². The molecule has 1 fully saturated rings. The number of amides is 2. The fourth-order valence-corrected chi connectivity index (χ4v) is 4.77. The number of halogens is 1. The van der Waals surface area contributed by atoms with Gasteiger partial charge in [-0.25, -0.2) is 4.39 Å². The fourth-order valence-electron chi connectivity index (χ4n) is 4.77. The smallest absolute Gasteiger partial charge is 0.255 e. The monoisotopic (exact) mass is 513 g/mol. The Balaban J connectivity index is 1.62. The summed E-state index contributed by atoms with van der Waals surface area (Å²) >= 11 is 0. The Hall–Kier alpha value is -4.42. The number of H-pyrrole nitrogens is 1. The molecule has 194 valence electrons. The molecule has 1 aromatic carbocycles. The van der Waals surface area contributed by atoms with Crippen molar-refractivity contribution in [2.45, 2.75) is 31.7 Å². The maximum Gasteiger partial charge on any atom is 0.255 e. The summed E-state index contributed by atoms with van der Waals surface area (Å²) in [5, 5.41) is 9.17. The van der Waals surface area contributed by atoms with Crippen molar-refractivity contribution in [3.8, 4) is 23.1 Å². The molecule has 2 aliphatic heterocycles. The molecule has 5 rings (SSSR count). The molecular weight excluding hydrogens is 485 g/mol. The van der Waals surface area contributed by atoms with Crippen molar-refractivity contribution in [1.82, 2.24) is 20.6 Å². The van der Waals surface area contributed by atoms with Crippen molar-refractivity contribution in [2.75, 3.05) is 25.1 Å². The van der Waals surface area contributed by atoms with E-state index in [4.69, 9.17) is 4.74 Å². The molecule has 0 aliphatic carbocycles. The van der Waals surface area contributed by atoms with Gasteiger partial charge in [-0.1, -0.05) is 24.5 Å². The predicted octanol–water partition coefficient (Wildman–Crippen LogP) is 3.76. The number of aromatic amines is 1. The molecule has 9 heteroatoms. The molecule has 4 N–H and O–H groups in total. The van der Waals surface area contributed by atoms with E-state index in [1.807, 2.05) is 6.07 Å². The van der Waals surface area contributed by atoms with Crippen LogP contribution in [0.4, 0.5) is 15.8 Å². The zero-order valence-electron chi connectivity index (χ0n) is 21.0. The number of rotatable bonds is 5. The number of benzene rings is 1. The van der Waals surface area contributed by atoms with Crippen molar-refractivity contribution in [3.63, 3.8) is 0 Å². The van der Waals surface area contributed by atoms with E-state index in [0.29, 0.717) is 72.8 Å². The Morgan fingerprint density at radius 3 is 2.89 bits per heavy atom. The van der Waals surface area contributed by atoms with E-state index in [1.54, 1.807) is 31.5 Å². The first kappa shape index (κ1) is 25.2. The molecule has 2 amide bonds. The summed E-state index contributed by atoms with van der Waals surface area (Å²) in [6, 6.07) is 6.61. The van der Waals surface area contributed by atoms with Crippen molar-refractivity contribution in [3.05, 3.63) is 77.5 Å². The van der Waals surface area contributed by atoms with Gasteiger partial charge in [-0.15, -0.1) is 0 Å². The number of nitrogens with zero attached hydrogens (tertiary/aromatic N) is 1. The van der Waals surface area contributed by atoms with Crippen LogP contribution in [0.25, 0.3) is 11.3 Å². The van der Waals surface area contributed by atoms with Crippen LogP contribution in [0.2, 0.25) is 0 Å². The summed E-state index contributed by atoms with van der Waals surface area (Å²) in [5.74, 6) is 5.65. The summed E-state index contributed by atoms with van der Waals surface area (Å²) < 4.78 is 19.8. The maximum atomic E-state index is 14.3. The molecule has 1 saturated heterocycles. The third-order valence-electron chi connectivity index (χ3n) is 6.91. The molecule has 2 aliphatic rings. The van der Waals surface area contributed by atoms with E-state index < -0.39 is 5.54 Å². The van der Waals surface area contributed by atoms with Gasteiger partial charge in [-0.2, -0.15) is 0 Å². The average Bonchev–Trinajstić information content (AvgIpc) is 3.30. The standard InChI is InChI=1S/C29H28FN5O3/c1-3-24(36)35-29(11-15-38-16-12-29)10-7-19-17-31-13-8-20(19)26-27(25-23(34-26)9-14-32-28(25)37)33-22-6-4-5-21(30)18(22)2/h3-6,8,13,17,33-34H,1,9,11-12,14-16H2,2H3,(H,32,37)(H,35,36). The van der Waals surface area contributed by atoms with Gasteiger partial charge in [0.25, 0.3) is 5.91 Å². The second kappa shape index (κ2) is 10.5. The van der Waals surface area contributed by atoms with Crippen molar-refractivity contribution in [2.24, 2.45) is 0 Å². The summed E-state index contributed by atoms with van der Waals surface area (Å²) in [4.78, 5) is 32.8. The molecule has 0 bridgehead atoms. The van der Waals surface area contributed by atoms with Gasteiger partial charge in [0.1, 0.15) is 11.4 Å². The van der Waals surface area contributed by atoms with Crippen molar-refractivity contribution >= 4 is 23.2 Å². The van der Waals surface area contributed by atoms with Gasteiger partial charge in [0.2, 0.25) is 5.91 Å². The lowest BCUT2D eigenvalue weighted by atomic mass is 9.90. The number of pyridine rings is 1. The highest BCUT2D eigenvalue weighted by atomic mass is 19.1. The molecule has 0 saturated carbocycles. The lowest BCUT2D eigenvalue weighted by Gasteiger charge is -2.33. The van der Waals surface area contributed by atoms with E-state index in [2.05, 4.69) is 44.3 Å². The lowest BCUT2D eigenvalue weighted by Crippen LogP contribution is -2.50. The quantitative estimate of drug-likeness (QED) is 0.307. The molecule has 2 aromatic heterocycles. The van der Waals surface area contributed by atoms with Crippen LogP contribution in [0, 0.1) is 24.6 Å².